The molecule has 0 radical (unpaired) electrons. The fourth-order valence-corrected chi connectivity index (χ4v) is 4.91. The Morgan fingerprint density at radius 1 is 1.05 bits per heavy atom. The minimum atomic E-state index is -0.716. The van der Waals surface area contributed by atoms with Crippen LogP contribution in [0.25, 0.3) is 11.0 Å². The van der Waals surface area contributed by atoms with Crippen molar-refractivity contribution < 1.29 is 28.6 Å². The number of benzene rings is 1. The van der Waals surface area contributed by atoms with Crippen molar-refractivity contribution in [1.82, 2.24) is 19.4 Å². The Labute approximate surface area is 233 Å². The highest BCUT2D eigenvalue weighted by molar-refractivity contribution is 6.00. The summed E-state index contributed by atoms with van der Waals surface area (Å²) >= 11 is 0. The molecule has 1 N–H and O–H groups in total. The van der Waals surface area contributed by atoms with Crippen molar-refractivity contribution >= 4 is 28.9 Å². The molecule has 11 heteroatoms. The summed E-state index contributed by atoms with van der Waals surface area (Å²) in [5.74, 6) is 5.66. The molecule has 1 atom stereocenters. The van der Waals surface area contributed by atoms with Crippen molar-refractivity contribution in [3.63, 3.8) is 0 Å². The molecule has 40 heavy (non-hydrogen) atoms. The predicted molar refractivity (Wildman–Crippen MR) is 148 cm³/mol. The van der Waals surface area contributed by atoms with Crippen molar-refractivity contribution in [3.8, 4) is 11.8 Å². The van der Waals surface area contributed by atoms with Crippen LogP contribution in [0.1, 0.15) is 58.1 Å². The van der Waals surface area contributed by atoms with Gasteiger partial charge in [0, 0.05) is 38.7 Å². The highest BCUT2D eigenvalue weighted by atomic mass is 16.6. The lowest BCUT2D eigenvalue weighted by Crippen LogP contribution is -2.44. The number of likely N-dealkylation sites (tertiary alicyclic amines) is 1. The van der Waals surface area contributed by atoms with E-state index in [0.717, 1.165) is 18.4 Å². The molecule has 1 unspecified atom stereocenters. The average Bonchev–Trinajstić information content (AvgIpc) is 3.14. The van der Waals surface area contributed by atoms with E-state index in [9.17, 15) is 19.2 Å². The fourth-order valence-electron chi connectivity index (χ4n) is 4.91. The molecule has 2 fully saturated rings. The zero-order chi connectivity index (χ0) is 28.9. The van der Waals surface area contributed by atoms with E-state index in [1.165, 1.54) is 9.13 Å². The molecule has 2 saturated heterocycles. The first-order valence-electron chi connectivity index (χ1n) is 13.7. The highest BCUT2D eigenvalue weighted by Gasteiger charge is 2.31. The van der Waals surface area contributed by atoms with Crippen LogP contribution in [0, 0.1) is 17.8 Å². The molecule has 216 valence electrons. The van der Waals surface area contributed by atoms with E-state index >= 15 is 0 Å². The van der Waals surface area contributed by atoms with Gasteiger partial charge in [0.25, 0.3) is 0 Å². The summed E-state index contributed by atoms with van der Waals surface area (Å²) in [4.78, 5) is 50.6. The minimum Gasteiger partial charge on any atom is -0.444 e. The molecule has 1 aromatic heterocycles. The molecule has 2 aliphatic rings. The SMILES string of the molecule is Cn1c(=O)n(C2CCC(=O)NC2=O)c2ccc(C#CCOCCOCC3CCN(C(=O)OC(C)(C)C)CC3)cc21. The van der Waals surface area contributed by atoms with E-state index in [4.69, 9.17) is 14.2 Å². The zero-order valence-corrected chi connectivity index (χ0v) is 23.7. The molecule has 0 spiro atoms. The zero-order valence-electron chi connectivity index (χ0n) is 23.7. The van der Waals surface area contributed by atoms with Crippen LogP contribution in [0.4, 0.5) is 4.79 Å². The van der Waals surface area contributed by atoms with Crippen LogP contribution in [-0.2, 0) is 30.8 Å². The van der Waals surface area contributed by atoms with Gasteiger partial charge in [0.1, 0.15) is 18.2 Å². The van der Waals surface area contributed by atoms with Gasteiger partial charge in [-0.3, -0.25) is 24.0 Å². The number of imide groups is 1. The number of nitrogens with zero attached hydrogens (tertiary/aromatic N) is 3. The first-order valence-corrected chi connectivity index (χ1v) is 13.7. The van der Waals surface area contributed by atoms with E-state index in [0.29, 0.717) is 56.3 Å². The number of amides is 3. The maximum Gasteiger partial charge on any atom is 0.410 e. The van der Waals surface area contributed by atoms with Gasteiger partial charge in [0.15, 0.2) is 0 Å². The predicted octanol–water partition coefficient (Wildman–Crippen LogP) is 2.35. The molecular weight excluding hydrogens is 516 g/mol. The maximum atomic E-state index is 12.9. The topological polar surface area (TPSA) is 121 Å². The normalized spacial score (nSPS) is 18.4. The average molecular weight is 555 g/mol. The van der Waals surface area contributed by atoms with Crippen molar-refractivity contribution in [2.75, 3.05) is 39.5 Å². The quantitative estimate of drug-likeness (QED) is 0.317. The maximum absolute atomic E-state index is 12.9. The number of hydrogen-bond acceptors (Lipinski definition) is 7. The molecular formula is C29H38N4O7. The largest absolute Gasteiger partial charge is 0.444 e. The summed E-state index contributed by atoms with van der Waals surface area (Å²) in [6, 6.07) is 4.67. The van der Waals surface area contributed by atoms with Gasteiger partial charge in [-0.05, 0) is 64.2 Å². The molecule has 0 bridgehead atoms. The van der Waals surface area contributed by atoms with Gasteiger partial charge in [0.2, 0.25) is 11.8 Å². The lowest BCUT2D eigenvalue weighted by atomic mass is 9.98. The smallest absolute Gasteiger partial charge is 0.410 e. The van der Waals surface area contributed by atoms with Crippen LogP contribution in [0.5, 0.6) is 0 Å². The van der Waals surface area contributed by atoms with Gasteiger partial charge >= 0.3 is 11.8 Å². The number of ether oxygens (including phenoxy) is 3. The summed E-state index contributed by atoms with van der Waals surface area (Å²) in [7, 11) is 1.65. The van der Waals surface area contributed by atoms with Gasteiger partial charge in [-0.1, -0.05) is 11.8 Å². The Kier molecular flexibility index (Phi) is 9.32. The van der Waals surface area contributed by atoms with Crippen molar-refractivity contribution in [3.05, 3.63) is 34.2 Å². The fraction of sp³-hybridized carbons (Fsp3) is 0.586. The Morgan fingerprint density at radius 2 is 1.77 bits per heavy atom. The van der Waals surface area contributed by atoms with E-state index < -0.39 is 17.6 Å². The standard InChI is InChI=1S/C29H38N4O7/c1-29(2,3)40-28(37)32-13-11-21(12-14-32)19-39-17-16-38-15-5-6-20-7-8-22-24(18-20)31(4)27(36)33(22)23-9-10-25(34)30-26(23)35/h7-8,18,21,23H,9-17,19H2,1-4H3,(H,30,34,35). The summed E-state index contributed by atoms with van der Waals surface area (Å²) < 4.78 is 19.7. The monoisotopic (exact) mass is 554 g/mol. The Bertz CT molecular complexity index is 1370. The lowest BCUT2D eigenvalue weighted by molar-refractivity contribution is -0.135. The summed E-state index contributed by atoms with van der Waals surface area (Å²) in [5, 5.41) is 2.31. The Hall–Kier alpha value is -3.62. The Morgan fingerprint density at radius 3 is 2.48 bits per heavy atom. The van der Waals surface area contributed by atoms with Crippen LogP contribution >= 0.6 is 0 Å². The third-order valence-electron chi connectivity index (χ3n) is 7.01. The van der Waals surface area contributed by atoms with Gasteiger partial charge < -0.3 is 19.1 Å². The van der Waals surface area contributed by atoms with E-state index in [2.05, 4.69) is 17.2 Å². The van der Waals surface area contributed by atoms with E-state index in [-0.39, 0.29) is 30.7 Å². The van der Waals surface area contributed by atoms with E-state index in [1.807, 2.05) is 26.8 Å². The number of aromatic nitrogens is 2. The minimum absolute atomic E-state index is 0.197. The van der Waals surface area contributed by atoms with Gasteiger partial charge in [-0.2, -0.15) is 0 Å². The molecule has 0 aliphatic carbocycles. The van der Waals surface area contributed by atoms with Crippen molar-refractivity contribution in [1.29, 1.82) is 0 Å². The van der Waals surface area contributed by atoms with Crippen LogP contribution in [0.15, 0.2) is 23.0 Å². The van der Waals surface area contributed by atoms with Gasteiger partial charge in [0.05, 0.1) is 24.2 Å². The van der Waals surface area contributed by atoms with Crippen LogP contribution in [-0.4, -0.2) is 77.1 Å². The molecule has 3 heterocycles. The summed E-state index contributed by atoms with van der Waals surface area (Å²) in [6.45, 7) is 8.73. The molecule has 3 amide bonds. The number of nitrogens with one attached hydrogen (secondary N) is 1. The second-order valence-electron chi connectivity index (χ2n) is 11.2. The number of fused-ring (bicyclic) bond motifs is 1. The van der Waals surface area contributed by atoms with Crippen LogP contribution < -0.4 is 11.0 Å². The second kappa shape index (κ2) is 12.7. The van der Waals surface area contributed by atoms with Crippen LogP contribution in [0.3, 0.4) is 0 Å². The highest BCUT2D eigenvalue weighted by Crippen LogP contribution is 2.24. The Balaban J connectivity index is 1.19. The first-order chi connectivity index (χ1) is 19.0. The number of imidazole rings is 1. The van der Waals surface area contributed by atoms with Crippen molar-refractivity contribution in [2.45, 2.75) is 58.1 Å². The molecule has 11 nitrogen and oxygen atoms in total. The third-order valence-corrected chi connectivity index (χ3v) is 7.01. The number of hydrogen-bond donors (Lipinski definition) is 1. The molecule has 1 aromatic carbocycles. The summed E-state index contributed by atoms with van der Waals surface area (Å²) in [6.07, 6.45) is 2.01. The van der Waals surface area contributed by atoms with Gasteiger partial charge in [-0.15, -0.1) is 0 Å². The lowest BCUT2D eigenvalue weighted by Gasteiger charge is -2.33. The van der Waals surface area contributed by atoms with Gasteiger partial charge in [-0.25, -0.2) is 9.59 Å². The number of piperidine rings is 2. The van der Waals surface area contributed by atoms with E-state index in [1.54, 1.807) is 24.1 Å². The number of carbonyl (C=O) groups is 3. The summed E-state index contributed by atoms with van der Waals surface area (Å²) in [5.41, 5.74) is 1.21. The molecule has 2 aromatic rings. The molecule has 4 rings (SSSR count). The first kappa shape index (κ1) is 29.4. The number of rotatable bonds is 7. The van der Waals surface area contributed by atoms with Crippen LogP contribution in [0.2, 0.25) is 0 Å². The van der Waals surface area contributed by atoms with Crippen molar-refractivity contribution in [2.24, 2.45) is 13.0 Å². The third kappa shape index (κ3) is 7.31. The molecule has 0 saturated carbocycles. The molecule has 2 aliphatic heterocycles. The number of aryl methyl sites for hydroxylation is 1. The second-order valence-corrected chi connectivity index (χ2v) is 11.2. The number of carbonyl (C=O) groups excluding carboxylic acids is 3.